The van der Waals surface area contributed by atoms with E-state index >= 15 is 0 Å². The first-order chi connectivity index (χ1) is 6.74. The molecule has 0 heterocycles. The van der Waals surface area contributed by atoms with Crippen molar-refractivity contribution >= 4 is 11.6 Å². The lowest BCUT2D eigenvalue weighted by atomic mass is 10.2. The fourth-order valence-electron chi connectivity index (χ4n) is 1.14. The van der Waals surface area contributed by atoms with Crippen LogP contribution in [0.25, 0.3) is 0 Å². The molecule has 14 heavy (non-hydrogen) atoms. The van der Waals surface area contributed by atoms with E-state index in [9.17, 15) is 4.79 Å². The number of hydrogen-bond acceptors (Lipinski definition) is 2. The third-order valence-corrected chi connectivity index (χ3v) is 1.80. The largest absolute Gasteiger partial charge is 0.362 e. The van der Waals surface area contributed by atoms with Gasteiger partial charge in [-0.1, -0.05) is 24.8 Å². The fraction of sp³-hybridized carbons (Fsp3) is 0.182. The number of nitrogens with one attached hydrogen (secondary N) is 2. The first-order valence-corrected chi connectivity index (χ1v) is 4.44. The van der Waals surface area contributed by atoms with E-state index in [0.717, 1.165) is 11.3 Å². The van der Waals surface area contributed by atoms with Gasteiger partial charge in [-0.15, -0.1) is 0 Å². The topological polar surface area (TPSA) is 41.1 Å². The molecule has 1 rings (SSSR count). The summed E-state index contributed by atoms with van der Waals surface area (Å²) in [4.78, 5) is 10.7. The van der Waals surface area contributed by atoms with Gasteiger partial charge in [0.25, 0.3) is 0 Å². The summed E-state index contributed by atoms with van der Waals surface area (Å²) in [5.74, 6) is -0.0293. The number of amides is 1. The molecule has 0 unspecified atom stereocenters. The SMILES string of the molecule is C=CNc1ccccc1CNC(C)=O. The minimum atomic E-state index is -0.0293. The van der Waals surface area contributed by atoms with Gasteiger partial charge in [0, 0.05) is 19.2 Å². The Bertz CT molecular complexity index is 334. The Kier molecular flexibility index (Phi) is 3.73. The number of anilines is 1. The van der Waals surface area contributed by atoms with Gasteiger partial charge in [-0.3, -0.25) is 4.79 Å². The van der Waals surface area contributed by atoms with E-state index in [2.05, 4.69) is 17.2 Å². The molecule has 3 heteroatoms. The van der Waals surface area contributed by atoms with Crippen molar-refractivity contribution in [2.24, 2.45) is 0 Å². The minimum Gasteiger partial charge on any atom is -0.362 e. The summed E-state index contributed by atoms with van der Waals surface area (Å²) in [6.07, 6.45) is 1.62. The van der Waals surface area contributed by atoms with Crippen LogP contribution in [0.1, 0.15) is 12.5 Å². The fourth-order valence-corrected chi connectivity index (χ4v) is 1.14. The molecule has 74 valence electrons. The summed E-state index contributed by atoms with van der Waals surface area (Å²) in [5.41, 5.74) is 2.01. The van der Waals surface area contributed by atoms with Crippen LogP contribution < -0.4 is 10.6 Å². The molecule has 0 aliphatic rings. The normalized spacial score (nSPS) is 9.21. The van der Waals surface area contributed by atoms with Crippen LogP contribution in [-0.2, 0) is 11.3 Å². The summed E-state index contributed by atoms with van der Waals surface area (Å²) in [6.45, 7) is 5.63. The van der Waals surface area contributed by atoms with Gasteiger partial charge >= 0.3 is 0 Å². The number of rotatable bonds is 4. The van der Waals surface area contributed by atoms with Crippen molar-refractivity contribution in [2.75, 3.05) is 5.32 Å². The molecule has 0 spiro atoms. The van der Waals surface area contributed by atoms with E-state index < -0.39 is 0 Å². The smallest absolute Gasteiger partial charge is 0.217 e. The molecule has 0 bridgehead atoms. The third-order valence-electron chi connectivity index (χ3n) is 1.80. The Morgan fingerprint density at radius 3 is 2.86 bits per heavy atom. The van der Waals surface area contributed by atoms with Crippen molar-refractivity contribution in [1.29, 1.82) is 0 Å². The molecule has 0 radical (unpaired) electrons. The van der Waals surface area contributed by atoms with Crippen LogP contribution in [0.2, 0.25) is 0 Å². The molecule has 0 aromatic heterocycles. The van der Waals surface area contributed by atoms with Gasteiger partial charge in [0.1, 0.15) is 0 Å². The Morgan fingerprint density at radius 2 is 2.21 bits per heavy atom. The summed E-state index contributed by atoms with van der Waals surface area (Å²) < 4.78 is 0. The van der Waals surface area contributed by atoms with Gasteiger partial charge in [0.2, 0.25) is 5.91 Å². The maximum atomic E-state index is 10.7. The predicted molar refractivity (Wildman–Crippen MR) is 57.8 cm³/mol. The minimum absolute atomic E-state index is 0.0293. The molecule has 1 aromatic carbocycles. The van der Waals surface area contributed by atoms with E-state index in [1.54, 1.807) is 6.20 Å². The average Bonchev–Trinajstić information content (AvgIpc) is 2.17. The molecule has 0 aliphatic heterocycles. The zero-order valence-corrected chi connectivity index (χ0v) is 8.21. The van der Waals surface area contributed by atoms with Gasteiger partial charge in [0.05, 0.1) is 0 Å². The van der Waals surface area contributed by atoms with Crippen molar-refractivity contribution < 1.29 is 4.79 Å². The van der Waals surface area contributed by atoms with Crippen molar-refractivity contribution in [3.8, 4) is 0 Å². The second kappa shape index (κ2) is 5.07. The molecule has 0 atom stereocenters. The molecule has 0 saturated heterocycles. The van der Waals surface area contributed by atoms with E-state index in [4.69, 9.17) is 0 Å². The number of carbonyl (C=O) groups excluding carboxylic acids is 1. The standard InChI is InChI=1S/C11H14N2O/c1-3-12-11-7-5-4-6-10(11)8-13-9(2)14/h3-7,12H,1,8H2,2H3,(H,13,14). The van der Waals surface area contributed by atoms with Crippen LogP contribution >= 0.6 is 0 Å². The molecule has 0 fully saturated rings. The second-order valence-corrected chi connectivity index (χ2v) is 2.92. The first-order valence-electron chi connectivity index (χ1n) is 4.44. The highest BCUT2D eigenvalue weighted by Gasteiger charge is 1.99. The van der Waals surface area contributed by atoms with Gasteiger partial charge in [-0.25, -0.2) is 0 Å². The van der Waals surface area contributed by atoms with E-state index in [1.165, 1.54) is 6.92 Å². The molecule has 2 N–H and O–H groups in total. The molecule has 0 aliphatic carbocycles. The van der Waals surface area contributed by atoms with Crippen molar-refractivity contribution in [1.82, 2.24) is 5.32 Å². The van der Waals surface area contributed by atoms with Crippen molar-refractivity contribution in [3.05, 3.63) is 42.6 Å². The van der Waals surface area contributed by atoms with Crippen molar-refractivity contribution in [2.45, 2.75) is 13.5 Å². The summed E-state index contributed by atoms with van der Waals surface area (Å²) in [6, 6.07) is 7.77. The predicted octanol–water partition coefficient (Wildman–Crippen LogP) is 1.88. The number of hydrogen-bond donors (Lipinski definition) is 2. The summed E-state index contributed by atoms with van der Waals surface area (Å²) >= 11 is 0. The Morgan fingerprint density at radius 1 is 1.50 bits per heavy atom. The maximum absolute atomic E-state index is 10.7. The molecule has 1 aromatic rings. The molecular weight excluding hydrogens is 176 g/mol. The Balaban J connectivity index is 2.73. The molecule has 1 amide bonds. The summed E-state index contributed by atoms with van der Waals surface area (Å²) in [5, 5.41) is 5.76. The highest BCUT2D eigenvalue weighted by atomic mass is 16.1. The lowest BCUT2D eigenvalue weighted by Crippen LogP contribution is -2.19. The molecule has 0 saturated carbocycles. The van der Waals surface area contributed by atoms with E-state index in [0.29, 0.717) is 6.54 Å². The van der Waals surface area contributed by atoms with Crippen LogP contribution in [0.15, 0.2) is 37.0 Å². The van der Waals surface area contributed by atoms with Gasteiger partial charge in [0.15, 0.2) is 0 Å². The van der Waals surface area contributed by atoms with Crippen LogP contribution in [0.4, 0.5) is 5.69 Å². The molecule has 3 nitrogen and oxygen atoms in total. The van der Waals surface area contributed by atoms with Crippen LogP contribution in [0, 0.1) is 0 Å². The Labute approximate surface area is 83.8 Å². The lowest BCUT2D eigenvalue weighted by Gasteiger charge is -2.08. The second-order valence-electron chi connectivity index (χ2n) is 2.92. The third kappa shape index (κ3) is 2.94. The van der Waals surface area contributed by atoms with Crippen LogP contribution in [0.3, 0.4) is 0 Å². The maximum Gasteiger partial charge on any atom is 0.217 e. The van der Waals surface area contributed by atoms with Gasteiger partial charge < -0.3 is 10.6 Å². The zero-order valence-electron chi connectivity index (χ0n) is 8.21. The van der Waals surface area contributed by atoms with Crippen molar-refractivity contribution in [3.63, 3.8) is 0 Å². The first kappa shape index (κ1) is 10.3. The number of para-hydroxylation sites is 1. The highest BCUT2D eigenvalue weighted by molar-refractivity contribution is 5.73. The van der Waals surface area contributed by atoms with E-state index in [-0.39, 0.29) is 5.91 Å². The lowest BCUT2D eigenvalue weighted by molar-refractivity contribution is -0.119. The number of carbonyl (C=O) groups is 1. The molecular formula is C11H14N2O. The number of benzene rings is 1. The monoisotopic (exact) mass is 190 g/mol. The quantitative estimate of drug-likeness (QED) is 0.761. The van der Waals surface area contributed by atoms with Crippen LogP contribution in [0.5, 0.6) is 0 Å². The highest BCUT2D eigenvalue weighted by Crippen LogP contribution is 2.14. The summed E-state index contributed by atoms with van der Waals surface area (Å²) in [7, 11) is 0. The Hall–Kier alpha value is -1.77. The van der Waals surface area contributed by atoms with E-state index in [1.807, 2.05) is 24.3 Å². The zero-order chi connectivity index (χ0) is 10.4. The van der Waals surface area contributed by atoms with Gasteiger partial charge in [-0.05, 0) is 17.8 Å². The van der Waals surface area contributed by atoms with Gasteiger partial charge in [-0.2, -0.15) is 0 Å². The van der Waals surface area contributed by atoms with Crippen LogP contribution in [-0.4, -0.2) is 5.91 Å². The average molecular weight is 190 g/mol.